The Labute approximate surface area is 160 Å². The van der Waals surface area contributed by atoms with Crippen molar-refractivity contribution < 1.29 is 0 Å². The summed E-state index contributed by atoms with van der Waals surface area (Å²) in [6.45, 7) is 2.13. The van der Waals surface area contributed by atoms with Crippen molar-refractivity contribution in [1.82, 2.24) is 9.97 Å². The molecule has 0 unspecified atom stereocenters. The van der Waals surface area contributed by atoms with Crippen molar-refractivity contribution in [1.29, 1.82) is 0 Å². The number of rotatable bonds is 4. The fourth-order valence-electron chi connectivity index (χ4n) is 3.05. The zero-order valence-electron chi connectivity index (χ0n) is 14.3. The molecule has 0 fully saturated rings. The Kier molecular flexibility index (Phi) is 4.62. The van der Waals surface area contributed by atoms with Crippen LogP contribution in [0.4, 0.5) is 0 Å². The summed E-state index contributed by atoms with van der Waals surface area (Å²) >= 11 is 7.54. The molecule has 2 aromatic heterocycles. The molecule has 0 spiro atoms. The monoisotopic (exact) mass is 380 g/mol. The summed E-state index contributed by atoms with van der Waals surface area (Å²) in [5, 5.41) is 3.35. The minimum Gasteiger partial charge on any atom is -0.310 e. The standard InChI is InChI=1S/C21H17ClN2OS/c1-2-13-6-8-15(9-7-13)17-12-26-21-19(17)20(25)23-18(24-21)11-14-4-3-5-16(22)10-14/h3-10,12H,2,11H2,1H3,(H,23,24,25). The minimum atomic E-state index is -0.0946. The van der Waals surface area contributed by atoms with Gasteiger partial charge in [-0.15, -0.1) is 11.3 Å². The topological polar surface area (TPSA) is 45.8 Å². The van der Waals surface area contributed by atoms with E-state index in [0.717, 1.165) is 27.9 Å². The molecule has 1 N–H and O–H groups in total. The van der Waals surface area contributed by atoms with Crippen molar-refractivity contribution >= 4 is 33.2 Å². The quantitative estimate of drug-likeness (QED) is 0.511. The molecule has 0 aliphatic rings. The van der Waals surface area contributed by atoms with Crippen LogP contribution in [0, 0.1) is 0 Å². The fraction of sp³-hybridized carbons (Fsp3) is 0.143. The molecule has 0 aliphatic heterocycles. The molecule has 26 heavy (non-hydrogen) atoms. The predicted octanol–water partition coefficient (Wildman–Crippen LogP) is 5.46. The number of hydrogen-bond donors (Lipinski definition) is 1. The highest BCUT2D eigenvalue weighted by molar-refractivity contribution is 7.17. The van der Waals surface area contributed by atoms with Crippen LogP contribution in [0.5, 0.6) is 0 Å². The van der Waals surface area contributed by atoms with Crippen LogP contribution in [0.2, 0.25) is 5.02 Å². The van der Waals surface area contributed by atoms with E-state index in [9.17, 15) is 4.79 Å². The van der Waals surface area contributed by atoms with Gasteiger partial charge in [-0.05, 0) is 35.2 Å². The maximum Gasteiger partial charge on any atom is 0.260 e. The first-order valence-electron chi connectivity index (χ1n) is 8.48. The molecule has 4 rings (SSSR count). The van der Waals surface area contributed by atoms with Gasteiger partial charge in [0, 0.05) is 22.4 Å². The first kappa shape index (κ1) is 17.0. The number of thiophene rings is 1. The smallest absolute Gasteiger partial charge is 0.260 e. The zero-order valence-corrected chi connectivity index (χ0v) is 15.8. The first-order valence-corrected chi connectivity index (χ1v) is 9.74. The van der Waals surface area contributed by atoms with Gasteiger partial charge in [-0.2, -0.15) is 0 Å². The van der Waals surface area contributed by atoms with E-state index in [2.05, 4.69) is 41.2 Å². The van der Waals surface area contributed by atoms with Crippen LogP contribution < -0.4 is 5.56 Å². The second-order valence-corrected chi connectivity index (χ2v) is 7.49. The molecule has 4 aromatic rings. The number of benzene rings is 2. The molecular weight excluding hydrogens is 364 g/mol. The van der Waals surface area contributed by atoms with Gasteiger partial charge in [0.2, 0.25) is 0 Å². The Balaban J connectivity index is 1.74. The number of halogens is 1. The van der Waals surface area contributed by atoms with E-state index in [1.165, 1.54) is 16.9 Å². The number of aromatic amines is 1. The van der Waals surface area contributed by atoms with Crippen molar-refractivity contribution in [3.8, 4) is 11.1 Å². The summed E-state index contributed by atoms with van der Waals surface area (Å²) in [6, 6.07) is 15.9. The van der Waals surface area contributed by atoms with Gasteiger partial charge < -0.3 is 4.98 Å². The number of hydrogen-bond acceptors (Lipinski definition) is 3. The van der Waals surface area contributed by atoms with Crippen LogP contribution in [0.3, 0.4) is 0 Å². The fourth-order valence-corrected chi connectivity index (χ4v) is 4.23. The molecule has 0 atom stereocenters. The minimum absolute atomic E-state index is 0.0946. The van der Waals surface area contributed by atoms with Crippen LogP contribution in [-0.4, -0.2) is 9.97 Å². The number of aromatic nitrogens is 2. The van der Waals surface area contributed by atoms with Crippen LogP contribution in [0.25, 0.3) is 21.3 Å². The van der Waals surface area contributed by atoms with Crippen LogP contribution in [-0.2, 0) is 12.8 Å². The highest BCUT2D eigenvalue weighted by Gasteiger charge is 2.13. The maximum absolute atomic E-state index is 12.7. The van der Waals surface area contributed by atoms with Crippen molar-refractivity contribution in [2.75, 3.05) is 0 Å². The van der Waals surface area contributed by atoms with Crippen molar-refractivity contribution in [2.45, 2.75) is 19.8 Å². The molecule has 130 valence electrons. The van der Waals surface area contributed by atoms with Crippen LogP contribution in [0.1, 0.15) is 23.9 Å². The number of nitrogens with one attached hydrogen (secondary N) is 1. The van der Waals surface area contributed by atoms with E-state index >= 15 is 0 Å². The summed E-state index contributed by atoms with van der Waals surface area (Å²) < 4.78 is 0. The molecule has 2 heterocycles. The second kappa shape index (κ2) is 7.06. The summed E-state index contributed by atoms with van der Waals surface area (Å²) in [6.07, 6.45) is 1.55. The number of nitrogens with zero attached hydrogens (tertiary/aromatic N) is 1. The highest BCUT2D eigenvalue weighted by Crippen LogP contribution is 2.31. The van der Waals surface area contributed by atoms with E-state index in [0.29, 0.717) is 22.7 Å². The number of fused-ring (bicyclic) bond motifs is 1. The molecular formula is C21H17ClN2OS. The molecule has 0 aliphatic carbocycles. The Morgan fingerprint density at radius 2 is 1.92 bits per heavy atom. The Morgan fingerprint density at radius 3 is 2.65 bits per heavy atom. The number of H-pyrrole nitrogens is 1. The lowest BCUT2D eigenvalue weighted by molar-refractivity contribution is 0.977. The van der Waals surface area contributed by atoms with Gasteiger partial charge in [-0.25, -0.2) is 4.98 Å². The molecule has 0 saturated carbocycles. The Morgan fingerprint density at radius 1 is 1.12 bits per heavy atom. The molecule has 0 bridgehead atoms. The Bertz CT molecular complexity index is 1130. The molecule has 0 saturated heterocycles. The summed E-state index contributed by atoms with van der Waals surface area (Å²) in [5.41, 5.74) is 4.19. The molecule has 5 heteroatoms. The van der Waals surface area contributed by atoms with Gasteiger partial charge in [-0.3, -0.25) is 4.79 Å². The van der Waals surface area contributed by atoms with Crippen molar-refractivity contribution in [3.63, 3.8) is 0 Å². The van der Waals surface area contributed by atoms with Gasteiger partial charge in [0.1, 0.15) is 10.7 Å². The van der Waals surface area contributed by atoms with Gasteiger partial charge in [0.15, 0.2) is 0 Å². The van der Waals surface area contributed by atoms with Crippen molar-refractivity contribution in [2.24, 2.45) is 0 Å². The van der Waals surface area contributed by atoms with E-state index < -0.39 is 0 Å². The zero-order chi connectivity index (χ0) is 18.1. The van der Waals surface area contributed by atoms with E-state index in [4.69, 9.17) is 11.6 Å². The average molecular weight is 381 g/mol. The van der Waals surface area contributed by atoms with E-state index in [1.807, 2.05) is 29.6 Å². The maximum atomic E-state index is 12.7. The lowest BCUT2D eigenvalue weighted by Gasteiger charge is -2.04. The van der Waals surface area contributed by atoms with Gasteiger partial charge >= 0.3 is 0 Å². The van der Waals surface area contributed by atoms with Gasteiger partial charge in [-0.1, -0.05) is 54.9 Å². The third kappa shape index (κ3) is 3.30. The van der Waals surface area contributed by atoms with E-state index in [-0.39, 0.29) is 5.56 Å². The van der Waals surface area contributed by atoms with Gasteiger partial charge in [0.25, 0.3) is 5.56 Å². The first-order chi connectivity index (χ1) is 12.6. The van der Waals surface area contributed by atoms with Gasteiger partial charge in [0.05, 0.1) is 5.39 Å². The van der Waals surface area contributed by atoms with E-state index in [1.54, 1.807) is 0 Å². The summed E-state index contributed by atoms with van der Waals surface area (Å²) in [7, 11) is 0. The van der Waals surface area contributed by atoms with Crippen LogP contribution >= 0.6 is 22.9 Å². The average Bonchev–Trinajstić information content (AvgIpc) is 3.06. The molecule has 0 radical (unpaired) electrons. The Hall–Kier alpha value is -2.43. The molecule has 0 amide bonds. The normalized spacial score (nSPS) is 11.2. The lowest BCUT2D eigenvalue weighted by atomic mass is 10.0. The third-order valence-electron chi connectivity index (χ3n) is 4.43. The predicted molar refractivity (Wildman–Crippen MR) is 109 cm³/mol. The summed E-state index contributed by atoms with van der Waals surface area (Å²) in [5.74, 6) is 0.652. The van der Waals surface area contributed by atoms with Crippen LogP contribution in [0.15, 0.2) is 58.7 Å². The highest BCUT2D eigenvalue weighted by atomic mass is 35.5. The van der Waals surface area contributed by atoms with Crippen molar-refractivity contribution in [3.05, 3.63) is 86.2 Å². The lowest BCUT2D eigenvalue weighted by Crippen LogP contribution is -2.11. The molecule has 3 nitrogen and oxygen atoms in total. The largest absolute Gasteiger partial charge is 0.310 e. The third-order valence-corrected chi connectivity index (χ3v) is 5.53. The second-order valence-electron chi connectivity index (χ2n) is 6.20. The summed E-state index contributed by atoms with van der Waals surface area (Å²) in [4.78, 5) is 21.1. The molecule has 2 aromatic carbocycles. The number of aryl methyl sites for hydroxylation is 1. The SMILES string of the molecule is CCc1ccc(-c2csc3nc(Cc4cccc(Cl)c4)[nH]c(=O)c23)cc1.